The van der Waals surface area contributed by atoms with Crippen molar-refractivity contribution in [2.45, 2.75) is 38.5 Å². The monoisotopic (exact) mass is 488 g/mol. The predicted octanol–water partition coefficient (Wildman–Crippen LogP) is 3.32. The fourth-order valence-corrected chi connectivity index (χ4v) is 4.97. The SMILES string of the molecule is O=C(C[C@]1(COc2cccc(Cl)c2)CCCN(C(=O)CCCc2cn[nH]c2)C1)N1CCOCC1. The molecule has 2 aliphatic rings. The van der Waals surface area contributed by atoms with Crippen molar-refractivity contribution in [1.82, 2.24) is 20.0 Å². The van der Waals surface area contributed by atoms with E-state index < -0.39 is 5.41 Å². The minimum atomic E-state index is -0.434. The second-order valence-corrected chi connectivity index (χ2v) is 9.73. The maximum Gasteiger partial charge on any atom is 0.223 e. The van der Waals surface area contributed by atoms with E-state index in [2.05, 4.69) is 10.2 Å². The van der Waals surface area contributed by atoms with E-state index in [4.69, 9.17) is 21.1 Å². The van der Waals surface area contributed by atoms with Gasteiger partial charge in [0.05, 0.1) is 26.0 Å². The van der Waals surface area contributed by atoms with Gasteiger partial charge in [-0.15, -0.1) is 0 Å². The van der Waals surface area contributed by atoms with Crippen LogP contribution in [0, 0.1) is 5.41 Å². The average molecular weight is 489 g/mol. The molecule has 2 saturated heterocycles. The van der Waals surface area contributed by atoms with E-state index >= 15 is 0 Å². The fraction of sp³-hybridized carbons (Fsp3) is 0.560. The van der Waals surface area contributed by atoms with Gasteiger partial charge in [0, 0.05) is 55.7 Å². The number of carbonyl (C=O) groups excluding carboxylic acids is 2. The first-order valence-corrected chi connectivity index (χ1v) is 12.4. The van der Waals surface area contributed by atoms with Gasteiger partial charge in [0.15, 0.2) is 0 Å². The molecule has 1 N–H and O–H groups in total. The molecule has 0 bridgehead atoms. The molecule has 1 aromatic carbocycles. The molecule has 0 saturated carbocycles. The number of likely N-dealkylation sites (tertiary alicyclic amines) is 1. The molecule has 2 aromatic rings. The summed E-state index contributed by atoms with van der Waals surface area (Å²) in [6.45, 7) is 3.96. The van der Waals surface area contributed by atoms with Gasteiger partial charge in [-0.2, -0.15) is 5.10 Å². The lowest BCUT2D eigenvalue weighted by molar-refractivity contribution is -0.143. The first-order valence-electron chi connectivity index (χ1n) is 12.0. The third-order valence-corrected chi connectivity index (χ3v) is 6.89. The van der Waals surface area contributed by atoms with Crippen LogP contribution in [0.1, 0.15) is 37.7 Å². The van der Waals surface area contributed by atoms with E-state index in [1.165, 1.54) is 0 Å². The smallest absolute Gasteiger partial charge is 0.223 e. The molecule has 9 heteroatoms. The van der Waals surface area contributed by atoms with Crippen LogP contribution in [0.5, 0.6) is 5.75 Å². The molecule has 0 spiro atoms. The van der Waals surface area contributed by atoms with E-state index in [0.29, 0.717) is 63.1 Å². The second-order valence-electron chi connectivity index (χ2n) is 9.29. The second kappa shape index (κ2) is 11.7. The highest BCUT2D eigenvalue weighted by Gasteiger charge is 2.41. The predicted molar refractivity (Wildman–Crippen MR) is 129 cm³/mol. The highest BCUT2D eigenvalue weighted by molar-refractivity contribution is 6.30. The standard InChI is InChI=1S/C25H33ClN4O4/c26-21-5-2-6-22(14-21)34-19-25(15-24(32)29-10-12-33-13-11-29)8-3-9-30(18-25)23(31)7-1-4-20-16-27-28-17-20/h2,5-6,14,16-17H,1,3-4,7-13,15,18-19H2,(H,27,28)/t25-/m1/s1. The highest BCUT2D eigenvalue weighted by Crippen LogP contribution is 2.36. The van der Waals surface area contributed by atoms with Crippen molar-refractivity contribution in [3.05, 3.63) is 47.2 Å². The number of aryl methyl sites for hydroxylation is 1. The molecule has 1 aromatic heterocycles. The van der Waals surface area contributed by atoms with Crippen LogP contribution in [-0.4, -0.2) is 77.8 Å². The fourth-order valence-electron chi connectivity index (χ4n) is 4.79. The number of nitrogens with one attached hydrogen (secondary N) is 1. The number of ether oxygens (including phenoxy) is 2. The van der Waals surface area contributed by atoms with Crippen LogP contribution in [0.25, 0.3) is 0 Å². The van der Waals surface area contributed by atoms with Crippen molar-refractivity contribution in [3.63, 3.8) is 0 Å². The number of halogens is 1. The molecule has 34 heavy (non-hydrogen) atoms. The molecule has 184 valence electrons. The number of nitrogens with zero attached hydrogens (tertiary/aromatic N) is 3. The summed E-state index contributed by atoms with van der Waals surface area (Å²) < 4.78 is 11.6. The minimum Gasteiger partial charge on any atom is -0.493 e. The van der Waals surface area contributed by atoms with Gasteiger partial charge in [0.2, 0.25) is 11.8 Å². The lowest BCUT2D eigenvalue weighted by atomic mass is 9.77. The van der Waals surface area contributed by atoms with Crippen LogP contribution < -0.4 is 4.74 Å². The van der Waals surface area contributed by atoms with E-state index in [1.54, 1.807) is 18.3 Å². The van der Waals surface area contributed by atoms with Gasteiger partial charge >= 0.3 is 0 Å². The molecular formula is C25H33ClN4O4. The number of amides is 2. The van der Waals surface area contributed by atoms with Crippen molar-refractivity contribution < 1.29 is 19.1 Å². The summed E-state index contributed by atoms with van der Waals surface area (Å²) in [7, 11) is 0. The minimum absolute atomic E-state index is 0.104. The van der Waals surface area contributed by atoms with Crippen molar-refractivity contribution in [1.29, 1.82) is 0 Å². The lowest BCUT2D eigenvalue weighted by Crippen LogP contribution is -2.52. The Hall–Kier alpha value is -2.58. The number of aromatic nitrogens is 2. The number of H-pyrrole nitrogens is 1. The number of hydrogen-bond donors (Lipinski definition) is 1. The average Bonchev–Trinajstić information content (AvgIpc) is 3.37. The Labute approximate surface area is 205 Å². The van der Waals surface area contributed by atoms with Gasteiger partial charge in [-0.1, -0.05) is 17.7 Å². The summed E-state index contributed by atoms with van der Waals surface area (Å²) in [5, 5.41) is 7.37. The van der Waals surface area contributed by atoms with Gasteiger partial charge in [-0.05, 0) is 49.4 Å². The molecule has 2 aliphatic heterocycles. The summed E-state index contributed by atoms with van der Waals surface area (Å²) in [5.74, 6) is 0.913. The van der Waals surface area contributed by atoms with Crippen molar-refractivity contribution in [2.24, 2.45) is 5.41 Å². The zero-order valence-corrected chi connectivity index (χ0v) is 20.3. The van der Waals surface area contributed by atoms with Gasteiger partial charge in [0.25, 0.3) is 0 Å². The third-order valence-electron chi connectivity index (χ3n) is 6.66. The lowest BCUT2D eigenvalue weighted by Gasteiger charge is -2.43. The summed E-state index contributed by atoms with van der Waals surface area (Å²) in [6.07, 6.45) is 7.76. The number of aromatic amines is 1. The van der Waals surface area contributed by atoms with Crippen molar-refractivity contribution in [3.8, 4) is 5.75 Å². The maximum atomic E-state index is 13.2. The number of piperidine rings is 1. The molecule has 2 amide bonds. The Balaban J connectivity index is 1.41. The van der Waals surface area contributed by atoms with Gasteiger partial charge in [-0.25, -0.2) is 0 Å². The summed E-state index contributed by atoms with van der Waals surface area (Å²) in [5.41, 5.74) is 0.669. The van der Waals surface area contributed by atoms with E-state index in [9.17, 15) is 9.59 Å². The highest BCUT2D eigenvalue weighted by atomic mass is 35.5. The molecule has 3 heterocycles. The number of carbonyl (C=O) groups is 2. The van der Waals surface area contributed by atoms with E-state index in [-0.39, 0.29) is 11.8 Å². The molecule has 0 unspecified atom stereocenters. The molecule has 0 aliphatic carbocycles. The Morgan fingerprint density at radius 2 is 2.03 bits per heavy atom. The maximum absolute atomic E-state index is 13.2. The molecule has 2 fully saturated rings. The zero-order chi connectivity index (χ0) is 23.8. The number of benzene rings is 1. The van der Waals surface area contributed by atoms with Crippen LogP contribution >= 0.6 is 11.6 Å². The Kier molecular flexibility index (Phi) is 8.45. The largest absolute Gasteiger partial charge is 0.493 e. The zero-order valence-electron chi connectivity index (χ0n) is 19.5. The summed E-state index contributed by atoms with van der Waals surface area (Å²) in [6, 6.07) is 7.29. The Morgan fingerprint density at radius 3 is 2.79 bits per heavy atom. The quantitative estimate of drug-likeness (QED) is 0.585. The number of hydrogen-bond acceptors (Lipinski definition) is 5. The number of rotatable bonds is 9. The van der Waals surface area contributed by atoms with Gasteiger partial charge in [-0.3, -0.25) is 14.7 Å². The molecule has 1 atom stereocenters. The first-order chi connectivity index (χ1) is 16.5. The summed E-state index contributed by atoms with van der Waals surface area (Å²) >= 11 is 6.13. The summed E-state index contributed by atoms with van der Waals surface area (Å²) in [4.78, 5) is 30.0. The van der Waals surface area contributed by atoms with Crippen LogP contribution in [-0.2, 0) is 20.7 Å². The van der Waals surface area contributed by atoms with Crippen molar-refractivity contribution >= 4 is 23.4 Å². The van der Waals surface area contributed by atoms with Gasteiger partial charge in [0.1, 0.15) is 5.75 Å². The van der Waals surface area contributed by atoms with Crippen LogP contribution in [0.15, 0.2) is 36.7 Å². The first kappa shape index (κ1) is 24.5. The Bertz CT molecular complexity index is 948. The van der Waals surface area contributed by atoms with E-state index in [1.807, 2.05) is 28.1 Å². The van der Waals surface area contributed by atoms with E-state index in [0.717, 1.165) is 37.8 Å². The van der Waals surface area contributed by atoms with Gasteiger partial charge < -0.3 is 19.3 Å². The molecule has 0 radical (unpaired) electrons. The third kappa shape index (κ3) is 6.73. The normalized spacial score (nSPS) is 20.9. The number of morpholine rings is 1. The van der Waals surface area contributed by atoms with Crippen LogP contribution in [0.4, 0.5) is 0 Å². The molecule has 4 rings (SSSR count). The molecule has 8 nitrogen and oxygen atoms in total. The Morgan fingerprint density at radius 1 is 1.18 bits per heavy atom. The van der Waals surface area contributed by atoms with Crippen LogP contribution in [0.3, 0.4) is 0 Å². The molecular weight excluding hydrogens is 456 g/mol. The topological polar surface area (TPSA) is 87.8 Å². The van der Waals surface area contributed by atoms with Crippen LogP contribution in [0.2, 0.25) is 5.02 Å². The van der Waals surface area contributed by atoms with Crippen molar-refractivity contribution in [2.75, 3.05) is 46.0 Å².